The molecule has 0 bridgehead atoms. The van der Waals surface area contributed by atoms with Crippen LogP contribution >= 0.6 is 15.6 Å². The molecule has 1 rings (SSSR count). The summed E-state index contributed by atoms with van der Waals surface area (Å²) in [6, 6.07) is 0. The topological polar surface area (TPSA) is 214 Å². The third-order valence-electron chi connectivity index (χ3n) is 2.56. The Hall–Kier alpha value is 2.06. The fraction of sp³-hybridized carbons (Fsp3) is 1.00. The minimum atomic E-state index is -5.16. The third kappa shape index (κ3) is 7.52. The van der Waals surface area contributed by atoms with E-state index >= 15 is 0 Å². The van der Waals surface area contributed by atoms with Crippen molar-refractivity contribution in [1.29, 1.82) is 0 Å². The molecule has 16 heteroatoms. The Morgan fingerprint density at radius 3 is 0.909 bits per heavy atom. The monoisotopic (exact) mass is 386 g/mol. The number of phosphoric ester groups is 2. The van der Waals surface area contributed by atoms with Crippen molar-refractivity contribution in [2.24, 2.45) is 0 Å². The van der Waals surface area contributed by atoms with Crippen LogP contribution in [0, 0.1) is 0 Å². The molecule has 0 aliphatic heterocycles. The summed E-state index contributed by atoms with van der Waals surface area (Å²) in [5, 5.41) is 38.1. The molecule has 6 atom stereocenters. The van der Waals surface area contributed by atoms with Crippen molar-refractivity contribution < 1.29 is 117 Å². The van der Waals surface area contributed by atoms with E-state index in [1.165, 1.54) is 0 Å². The Morgan fingerprint density at radius 2 is 0.773 bits per heavy atom. The van der Waals surface area contributed by atoms with Gasteiger partial charge < -0.3 is 40.0 Å². The van der Waals surface area contributed by atoms with Crippen molar-refractivity contribution in [2.75, 3.05) is 0 Å². The van der Waals surface area contributed by atoms with E-state index < -0.39 is 52.3 Å². The minimum Gasteiger partial charge on any atom is -0.387 e. The van der Waals surface area contributed by atoms with Crippen molar-refractivity contribution in [3.8, 4) is 0 Å². The number of rotatable bonds is 4. The number of aliphatic hydroxyl groups excluding tert-OH is 4. The predicted octanol–water partition coefficient (Wildman–Crippen LogP) is -9.59. The van der Waals surface area contributed by atoms with Gasteiger partial charge in [0.15, 0.2) is 0 Å². The zero-order valence-corrected chi connectivity index (χ0v) is 17.4. The fourth-order valence-corrected chi connectivity index (χ4v) is 2.88. The molecule has 12 nitrogen and oxygen atoms in total. The van der Waals surface area contributed by atoms with Crippen LogP contribution in [-0.4, -0.2) is 76.6 Å². The van der Waals surface area contributed by atoms with E-state index in [1.807, 2.05) is 0 Å². The SMILES string of the molecule is O=P(O)(O)OC1[C@@H](O)[C@@H](O)C(OP(=O)(O)O)[C@H](O)[C@H]1O.[Na+].[Na+]. The van der Waals surface area contributed by atoms with E-state index in [9.17, 15) is 29.6 Å². The van der Waals surface area contributed by atoms with Gasteiger partial charge in [0.1, 0.15) is 36.6 Å². The number of hydrogen-bond acceptors (Lipinski definition) is 8. The van der Waals surface area contributed by atoms with E-state index in [2.05, 4.69) is 9.05 Å². The molecule has 0 saturated heterocycles. The third-order valence-corrected chi connectivity index (χ3v) is 3.60. The predicted molar refractivity (Wildman–Crippen MR) is 57.9 cm³/mol. The van der Waals surface area contributed by atoms with Crippen LogP contribution in [0.1, 0.15) is 0 Å². The minimum absolute atomic E-state index is 0. The van der Waals surface area contributed by atoms with E-state index in [0.717, 1.165) is 0 Å². The summed E-state index contributed by atoms with van der Waals surface area (Å²) in [6.07, 6.45) is -12.8. The van der Waals surface area contributed by atoms with E-state index in [-0.39, 0.29) is 59.1 Å². The van der Waals surface area contributed by atoms with Crippen LogP contribution in [0.4, 0.5) is 0 Å². The number of hydrogen-bond donors (Lipinski definition) is 8. The molecule has 0 heterocycles. The molecule has 0 aromatic carbocycles. The molecule has 22 heavy (non-hydrogen) atoms. The smallest absolute Gasteiger partial charge is 0.387 e. The molecule has 1 fully saturated rings. The first kappa shape index (κ1) is 26.3. The molecule has 120 valence electrons. The summed E-state index contributed by atoms with van der Waals surface area (Å²) in [6.45, 7) is 0. The molecule has 1 aliphatic carbocycles. The van der Waals surface area contributed by atoms with Crippen molar-refractivity contribution >= 4 is 15.6 Å². The van der Waals surface area contributed by atoms with Crippen LogP contribution in [0.15, 0.2) is 0 Å². The molecular formula is C6H14Na2O12P2+2. The van der Waals surface area contributed by atoms with E-state index in [0.29, 0.717) is 0 Å². The number of aliphatic hydroxyl groups is 4. The summed E-state index contributed by atoms with van der Waals surface area (Å²) in [5.41, 5.74) is 0. The molecule has 1 saturated carbocycles. The fourth-order valence-electron chi connectivity index (χ4n) is 1.75. The Labute approximate surface area is 168 Å². The Morgan fingerprint density at radius 1 is 0.591 bits per heavy atom. The maximum absolute atomic E-state index is 10.6. The van der Waals surface area contributed by atoms with Crippen LogP contribution < -0.4 is 59.1 Å². The molecule has 0 aromatic rings. The van der Waals surface area contributed by atoms with Gasteiger partial charge in [0.25, 0.3) is 0 Å². The van der Waals surface area contributed by atoms with Gasteiger partial charge in [0.2, 0.25) is 0 Å². The largest absolute Gasteiger partial charge is 1.00 e. The van der Waals surface area contributed by atoms with Gasteiger partial charge in [-0.15, -0.1) is 0 Å². The van der Waals surface area contributed by atoms with Gasteiger partial charge in [-0.1, -0.05) is 0 Å². The maximum Gasteiger partial charge on any atom is 1.00 e. The summed E-state index contributed by atoms with van der Waals surface area (Å²) >= 11 is 0. The summed E-state index contributed by atoms with van der Waals surface area (Å²) in [7, 11) is -10.3. The average Bonchev–Trinajstić information content (AvgIpc) is 2.25. The van der Waals surface area contributed by atoms with Crippen molar-refractivity contribution in [3.05, 3.63) is 0 Å². The first-order valence-corrected chi connectivity index (χ1v) is 8.10. The van der Waals surface area contributed by atoms with Gasteiger partial charge in [-0.25, -0.2) is 9.13 Å². The molecular weight excluding hydrogens is 372 g/mol. The first-order valence-electron chi connectivity index (χ1n) is 5.03. The molecule has 0 spiro atoms. The van der Waals surface area contributed by atoms with Crippen LogP contribution in [0.25, 0.3) is 0 Å². The summed E-state index contributed by atoms with van der Waals surface area (Å²) < 4.78 is 29.3. The van der Waals surface area contributed by atoms with Crippen molar-refractivity contribution in [3.63, 3.8) is 0 Å². The zero-order valence-electron chi connectivity index (χ0n) is 11.6. The Balaban J connectivity index is 0. The van der Waals surface area contributed by atoms with E-state index in [4.69, 9.17) is 19.6 Å². The number of phosphoric acid groups is 2. The van der Waals surface area contributed by atoms with Crippen molar-refractivity contribution in [2.45, 2.75) is 36.6 Å². The molecule has 0 aromatic heterocycles. The second-order valence-electron chi connectivity index (χ2n) is 4.08. The van der Waals surface area contributed by atoms with Gasteiger partial charge >= 0.3 is 74.8 Å². The standard InChI is InChI=1S/C6H14O12P2.2Na/c7-1-2(8)6(18-20(14,15)16)4(10)3(9)5(1)17-19(11,12)13;;/h1-10H,(H2,11,12,13)(H2,14,15,16);;/q;2*+1/t1-,2-,3-,4+,5?,6?;;/m1../s1. The van der Waals surface area contributed by atoms with Gasteiger partial charge in [-0.3, -0.25) is 9.05 Å². The average molecular weight is 386 g/mol. The Kier molecular flexibility index (Phi) is 11.6. The second kappa shape index (κ2) is 9.67. The Bertz CT molecular complexity index is 381. The van der Waals surface area contributed by atoms with E-state index in [1.54, 1.807) is 0 Å². The summed E-state index contributed by atoms with van der Waals surface area (Å²) in [5.74, 6) is 0. The summed E-state index contributed by atoms with van der Waals surface area (Å²) in [4.78, 5) is 34.3. The van der Waals surface area contributed by atoms with Crippen LogP contribution in [0.3, 0.4) is 0 Å². The first-order chi connectivity index (χ1) is 8.83. The molecule has 2 unspecified atom stereocenters. The molecule has 0 radical (unpaired) electrons. The van der Waals surface area contributed by atoms with Gasteiger partial charge in [-0.05, 0) is 0 Å². The quantitative estimate of drug-likeness (QED) is 0.167. The second-order valence-corrected chi connectivity index (χ2v) is 6.47. The van der Waals surface area contributed by atoms with Crippen molar-refractivity contribution in [1.82, 2.24) is 0 Å². The zero-order chi connectivity index (χ0) is 15.9. The molecule has 8 N–H and O–H groups in total. The van der Waals surface area contributed by atoms with Crippen LogP contribution in [0.5, 0.6) is 0 Å². The molecule has 1 aliphatic rings. The maximum atomic E-state index is 10.6. The van der Waals surface area contributed by atoms with Gasteiger partial charge in [0, 0.05) is 0 Å². The normalized spacial score (nSPS) is 36.2. The van der Waals surface area contributed by atoms with Crippen LogP contribution in [0.2, 0.25) is 0 Å². The van der Waals surface area contributed by atoms with Crippen LogP contribution in [-0.2, 0) is 18.2 Å². The van der Waals surface area contributed by atoms with Gasteiger partial charge in [0.05, 0.1) is 0 Å². The van der Waals surface area contributed by atoms with Gasteiger partial charge in [-0.2, -0.15) is 0 Å². The molecule has 0 amide bonds.